The smallest absolute Gasteiger partial charge is 0.250 e. The van der Waals surface area contributed by atoms with Gasteiger partial charge in [0, 0.05) is 0 Å². The fraction of sp³-hybridized carbons (Fsp3) is 0.300. The number of primary amides is 1. The molecule has 13 heavy (non-hydrogen) atoms. The van der Waals surface area contributed by atoms with Gasteiger partial charge in [-0.2, -0.15) is 0 Å². The number of carbonyl (C=O) groups excluding carboxylic acids is 1. The fourth-order valence-corrected chi connectivity index (χ4v) is 1.29. The van der Waals surface area contributed by atoms with Gasteiger partial charge in [-0.15, -0.1) is 0 Å². The average Bonchev–Trinajstić information content (AvgIpc) is 2.03. The van der Waals surface area contributed by atoms with E-state index in [1.807, 2.05) is 26.0 Å². The molecule has 0 spiro atoms. The number of hydrogen-bond acceptors (Lipinski definition) is 2. The highest BCUT2D eigenvalue weighted by atomic mass is 16.3. The van der Waals surface area contributed by atoms with Gasteiger partial charge in [-0.05, 0) is 25.0 Å². The second-order valence-electron chi connectivity index (χ2n) is 3.16. The van der Waals surface area contributed by atoms with Crippen molar-refractivity contribution in [2.24, 2.45) is 5.73 Å². The summed E-state index contributed by atoms with van der Waals surface area (Å²) < 4.78 is 0. The number of carbonyl (C=O) groups is 1. The van der Waals surface area contributed by atoms with Crippen molar-refractivity contribution in [1.29, 1.82) is 0 Å². The van der Waals surface area contributed by atoms with Crippen LogP contribution >= 0.6 is 0 Å². The van der Waals surface area contributed by atoms with E-state index in [0.29, 0.717) is 5.56 Å². The molecule has 0 radical (unpaired) electrons. The van der Waals surface area contributed by atoms with Crippen LogP contribution in [0.25, 0.3) is 0 Å². The highest BCUT2D eigenvalue weighted by Crippen LogP contribution is 2.18. The van der Waals surface area contributed by atoms with Crippen LogP contribution in [0.4, 0.5) is 0 Å². The molecule has 0 saturated carbocycles. The summed E-state index contributed by atoms with van der Waals surface area (Å²) in [6.07, 6.45) is -1.19. The maximum absolute atomic E-state index is 10.7. The van der Waals surface area contributed by atoms with Gasteiger partial charge in [0.25, 0.3) is 5.91 Å². The summed E-state index contributed by atoms with van der Waals surface area (Å²) in [7, 11) is 0. The molecule has 0 aliphatic heterocycles. The lowest BCUT2D eigenvalue weighted by molar-refractivity contribution is -0.126. The maximum Gasteiger partial charge on any atom is 0.250 e. The summed E-state index contributed by atoms with van der Waals surface area (Å²) >= 11 is 0. The number of aryl methyl sites for hydroxylation is 2. The van der Waals surface area contributed by atoms with E-state index >= 15 is 0 Å². The first kappa shape index (κ1) is 9.74. The Balaban J connectivity index is 3.08. The molecule has 0 aliphatic rings. The summed E-state index contributed by atoms with van der Waals surface area (Å²) in [5.41, 5.74) is 7.54. The summed E-state index contributed by atoms with van der Waals surface area (Å²) in [6.45, 7) is 3.79. The van der Waals surface area contributed by atoms with Crippen molar-refractivity contribution in [2.45, 2.75) is 20.0 Å². The normalized spacial score (nSPS) is 12.5. The second-order valence-corrected chi connectivity index (χ2v) is 3.16. The molecular weight excluding hydrogens is 166 g/mol. The van der Waals surface area contributed by atoms with Gasteiger partial charge in [0.1, 0.15) is 0 Å². The maximum atomic E-state index is 10.7. The topological polar surface area (TPSA) is 63.3 Å². The van der Waals surface area contributed by atoms with Gasteiger partial charge in [-0.3, -0.25) is 4.79 Å². The summed E-state index contributed by atoms with van der Waals surface area (Å²) in [5, 5.41) is 9.39. The Labute approximate surface area is 77.2 Å². The van der Waals surface area contributed by atoms with Crippen LogP contribution in [0, 0.1) is 13.8 Å². The Hall–Kier alpha value is -1.35. The molecule has 3 nitrogen and oxygen atoms in total. The van der Waals surface area contributed by atoms with Gasteiger partial charge < -0.3 is 10.8 Å². The first-order valence-corrected chi connectivity index (χ1v) is 4.07. The van der Waals surface area contributed by atoms with E-state index < -0.39 is 12.0 Å². The molecule has 1 rings (SSSR count). The Bertz CT molecular complexity index is 334. The lowest BCUT2D eigenvalue weighted by atomic mass is 10.0. The van der Waals surface area contributed by atoms with Gasteiger partial charge in [-0.25, -0.2) is 0 Å². The number of benzene rings is 1. The SMILES string of the molecule is Cc1ccc(C(O)C(N)=O)c(C)c1. The minimum Gasteiger partial charge on any atom is -0.378 e. The van der Waals surface area contributed by atoms with Crippen LogP contribution in [0.1, 0.15) is 22.8 Å². The minimum absolute atomic E-state index is 0.582. The van der Waals surface area contributed by atoms with Gasteiger partial charge in [0.2, 0.25) is 0 Å². The van der Waals surface area contributed by atoms with E-state index in [9.17, 15) is 9.90 Å². The van der Waals surface area contributed by atoms with Crippen molar-refractivity contribution >= 4 is 5.91 Å². The van der Waals surface area contributed by atoms with Crippen molar-refractivity contribution in [3.8, 4) is 0 Å². The molecule has 0 saturated heterocycles. The molecule has 0 fully saturated rings. The molecule has 3 N–H and O–H groups in total. The predicted octanol–water partition coefficient (Wildman–Crippen LogP) is 0.822. The molecule has 3 heteroatoms. The lowest BCUT2D eigenvalue weighted by Gasteiger charge is -2.10. The van der Waals surface area contributed by atoms with E-state index in [2.05, 4.69) is 0 Å². The van der Waals surface area contributed by atoms with Gasteiger partial charge >= 0.3 is 0 Å². The summed E-state index contributed by atoms with van der Waals surface area (Å²) in [5.74, 6) is -0.716. The average molecular weight is 179 g/mol. The van der Waals surface area contributed by atoms with Crippen LogP contribution in [0.15, 0.2) is 18.2 Å². The van der Waals surface area contributed by atoms with Crippen molar-refractivity contribution < 1.29 is 9.90 Å². The van der Waals surface area contributed by atoms with Crippen LogP contribution < -0.4 is 5.73 Å². The van der Waals surface area contributed by atoms with Crippen LogP contribution in [-0.2, 0) is 4.79 Å². The number of amides is 1. The van der Waals surface area contributed by atoms with E-state index in [1.54, 1.807) is 6.07 Å². The molecule has 0 aliphatic carbocycles. The van der Waals surface area contributed by atoms with Crippen LogP contribution in [0.2, 0.25) is 0 Å². The predicted molar refractivity (Wildman–Crippen MR) is 50.1 cm³/mol. The Morgan fingerprint density at radius 1 is 1.46 bits per heavy atom. The van der Waals surface area contributed by atoms with Gasteiger partial charge in [0.05, 0.1) is 0 Å². The number of hydrogen-bond donors (Lipinski definition) is 2. The quantitative estimate of drug-likeness (QED) is 0.706. The third-order valence-corrected chi connectivity index (χ3v) is 1.99. The Morgan fingerprint density at radius 2 is 2.08 bits per heavy atom. The number of nitrogens with two attached hydrogens (primary N) is 1. The second kappa shape index (κ2) is 3.58. The molecule has 1 amide bonds. The molecule has 0 heterocycles. The van der Waals surface area contributed by atoms with E-state index in [-0.39, 0.29) is 0 Å². The summed E-state index contributed by atoms with van der Waals surface area (Å²) in [4.78, 5) is 10.7. The van der Waals surface area contributed by atoms with E-state index in [1.165, 1.54) is 0 Å². The fourth-order valence-electron chi connectivity index (χ4n) is 1.29. The molecule has 1 aromatic carbocycles. The zero-order chi connectivity index (χ0) is 10.0. The zero-order valence-corrected chi connectivity index (χ0v) is 7.74. The zero-order valence-electron chi connectivity index (χ0n) is 7.74. The number of aliphatic hydroxyl groups excluding tert-OH is 1. The third kappa shape index (κ3) is 2.06. The first-order valence-electron chi connectivity index (χ1n) is 4.07. The first-order chi connectivity index (χ1) is 6.02. The molecule has 0 bridgehead atoms. The minimum atomic E-state index is -1.19. The van der Waals surface area contributed by atoms with Crippen LogP contribution in [0.5, 0.6) is 0 Å². The Kier molecular flexibility index (Phi) is 2.68. The van der Waals surface area contributed by atoms with Crippen molar-refractivity contribution in [1.82, 2.24) is 0 Å². The van der Waals surface area contributed by atoms with E-state index in [0.717, 1.165) is 11.1 Å². The third-order valence-electron chi connectivity index (χ3n) is 1.99. The van der Waals surface area contributed by atoms with Gasteiger partial charge in [0.15, 0.2) is 6.10 Å². The molecular formula is C10H13NO2. The molecule has 1 atom stereocenters. The number of rotatable bonds is 2. The molecule has 1 unspecified atom stereocenters. The van der Waals surface area contributed by atoms with Crippen molar-refractivity contribution in [3.05, 3.63) is 34.9 Å². The summed E-state index contributed by atoms with van der Waals surface area (Å²) in [6, 6.07) is 5.47. The van der Waals surface area contributed by atoms with E-state index in [4.69, 9.17) is 5.73 Å². The highest BCUT2D eigenvalue weighted by molar-refractivity contribution is 5.80. The van der Waals surface area contributed by atoms with Gasteiger partial charge in [-0.1, -0.05) is 23.8 Å². The monoisotopic (exact) mass is 179 g/mol. The molecule has 0 aromatic heterocycles. The number of aliphatic hydroxyl groups is 1. The standard InChI is InChI=1S/C10H13NO2/c1-6-3-4-8(7(2)5-6)9(12)10(11)13/h3-5,9,12H,1-2H3,(H2,11,13). The van der Waals surface area contributed by atoms with Crippen molar-refractivity contribution in [3.63, 3.8) is 0 Å². The highest BCUT2D eigenvalue weighted by Gasteiger charge is 2.15. The van der Waals surface area contributed by atoms with Crippen LogP contribution in [0.3, 0.4) is 0 Å². The van der Waals surface area contributed by atoms with Crippen molar-refractivity contribution in [2.75, 3.05) is 0 Å². The molecule has 70 valence electrons. The van der Waals surface area contributed by atoms with Crippen LogP contribution in [-0.4, -0.2) is 11.0 Å². The Morgan fingerprint density at radius 3 is 2.54 bits per heavy atom. The largest absolute Gasteiger partial charge is 0.378 e. The lowest BCUT2D eigenvalue weighted by Crippen LogP contribution is -2.21. The molecule has 1 aromatic rings.